The van der Waals surface area contributed by atoms with Gasteiger partial charge >= 0.3 is 0 Å². The van der Waals surface area contributed by atoms with E-state index < -0.39 is 28.7 Å². The quantitative estimate of drug-likeness (QED) is 0.436. The van der Waals surface area contributed by atoms with Crippen LogP contribution in [-0.2, 0) is 16.0 Å². The minimum atomic E-state index is -0.960. The second kappa shape index (κ2) is 10.1. The van der Waals surface area contributed by atoms with Crippen molar-refractivity contribution in [2.75, 3.05) is 19.6 Å². The third-order valence-corrected chi connectivity index (χ3v) is 6.35. The van der Waals surface area contributed by atoms with Gasteiger partial charge in [-0.3, -0.25) is 19.0 Å². The second-order valence-electron chi connectivity index (χ2n) is 8.93. The van der Waals surface area contributed by atoms with E-state index in [1.807, 2.05) is 0 Å². The van der Waals surface area contributed by atoms with Gasteiger partial charge in [0.1, 0.15) is 29.0 Å². The molecule has 1 fully saturated rings. The molecule has 3 heterocycles. The summed E-state index contributed by atoms with van der Waals surface area (Å²) >= 11 is 0. The number of fused-ring (bicyclic) bond motifs is 1. The number of aromatic nitrogens is 3. The van der Waals surface area contributed by atoms with E-state index in [0.717, 1.165) is 22.8 Å². The number of benzene rings is 2. The molecule has 11 heteroatoms. The fraction of sp³-hybridized carbons (Fsp3) is 0.222. The maximum absolute atomic E-state index is 14.8. The number of halogens is 3. The number of rotatable bonds is 5. The number of piperazine rings is 1. The van der Waals surface area contributed by atoms with Gasteiger partial charge in [-0.25, -0.2) is 23.1 Å². The fourth-order valence-electron chi connectivity index (χ4n) is 4.52. The van der Waals surface area contributed by atoms with Gasteiger partial charge in [-0.2, -0.15) is 0 Å². The van der Waals surface area contributed by atoms with Crippen LogP contribution in [0.3, 0.4) is 0 Å². The van der Waals surface area contributed by atoms with E-state index in [-0.39, 0.29) is 42.7 Å². The van der Waals surface area contributed by atoms with Gasteiger partial charge in [0.2, 0.25) is 11.8 Å². The molecular formula is C27H22F3N5O3. The van der Waals surface area contributed by atoms with Crippen molar-refractivity contribution in [2.24, 2.45) is 0 Å². The number of nitrogens with zero attached hydrogens (tertiary/aromatic N) is 4. The van der Waals surface area contributed by atoms with Crippen molar-refractivity contribution in [1.29, 1.82) is 0 Å². The number of carbonyl (C=O) groups excluding carboxylic acids is 2. The first-order valence-electron chi connectivity index (χ1n) is 11.9. The van der Waals surface area contributed by atoms with Crippen LogP contribution < -0.4 is 10.9 Å². The highest BCUT2D eigenvalue weighted by molar-refractivity contribution is 5.92. The predicted molar refractivity (Wildman–Crippen MR) is 133 cm³/mol. The van der Waals surface area contributed by atoms with E-state index >= 15 is 0 Å². The highest BCUT2D eigenvalue weighted by Gasteiger charge is 2.23. The molecule has 0 radical (unpaired) electrons. The molecule has 194 valence electrons. The van der Waals surface area contributed by atoms with Crippen LogP contribution in [0.15, 0.2) is 53.3 Å². The SMILES string of the molecule is Cc1cc(F)ccc1-c1nc(CCC(=O)N2CCNC(=O)C2)nc2c1ccc(=O)n2-c1c(F)cccc1F. The first-order chi connectivity index (χ1) is 18.2. The summed E-state index contributed by atoms with van der Waals surface area (Å²) in [7, 11) is 0. The summed E-state index contributed by atoms with van der Waals surface area (Å²) in [6.07, 6.45) is -0.00523. The molecule has 2 aromatic heterocycles. The van der Waals surface area contributed by atoms with Crippen LogP contribution in [0.2, 0.25) is 0 Å². The number of pyridine rings is 1. The second-order valence-corrected chi connectivity index (χ2v) is 8.93. The number of aryl methyl sites for hydroxylation is 2. The zero-order valence-electron chi connectivity index (χ0n) is 20.3. The number of amides is 2. The summed E-state index contributed by atoms with van der Waals surface area (Å²) in [6.45, 7) is 2.36. The van der Waals surface area contributed by atoms with Gasteiger partial charge < -0.3 is 10.2 Å². The summed E-state index contributed by atoms with van der Waals surface area (Å²) < 4.78 is 44.3. The van der Waals surface area contributed by atoms with Crippen molar-refractivity contribution in [3.8, 4) is 16.9 Å². The molecule has 0 bridgehead atoms. The third-order valence-electron chi connectivity index (χ3n) is 6.35. The van der Waals surface area contributed by atoms with E-state index in [4.69, 9.17) is 0 Å². The zero-order chi connectivity index (χ0) is 27.0. The maximum Gasteiger partial charge on any atom is 0.256 e. The standard InChI is InChI=1S/C27H22F3N5O3/c1-15-13-16(28)5-6-17(15)25-18-7-9-24(38)35(26-19(29)3-2-4-20(26)30)27(18)33-21(32-25)8-10-23(37)34-12-11-31-22(36)14-34/h2-7,9,13H,8,10-12,14H2,1H3,(H,31,36). The van der Waals surface area contributed by atoms with Crippen molar-refractivity contribution < 1.29 is 22.8 Å². The molecule has 1 N–H and O–H groups in total. The average Bonchev–Trinajstić information content (AvgIpc) is 2.88. The van der Waals surface area contributed by atoms with Crippen molar-refractivity contribution in [3.05, 3.63) is 87.7 Å². The normalized spacial score (nSPS) is 13.6. The van der Waals surface area contributed by atoms with Gasteiger partial charge in [0.05, 0.1) is 12.2 Å². The first-order valence-corrected chi connectivity index (χ1v) is 11.9. The lowest BCUT2D eigenvalue weighted by molar-refractivity contribution is -0.138. The molecule has 0 unspecified atom stereocenters. The van der Waals surface area contributed by atoms with Gasteiger partial charge in [-0.05, 0) is 48.9 Å². The summed E-state index contributed by atoms with van der Waals surface area (Å²) in [5, 5.41) is 2.96. The largest absolute Gasteiger partial charge is 0.353 e. The molecule has 38 heavy (non-hydrogen) atoms. The Morgan fingerprint density at radius 3 is 2.50 bits per heavy atom. The molecule has 0 aliphatic carbocycles. The number of hydrogen-bond donors (Lipinski definition) is 1. The average molecular weight is 521 g/mol. The summed E-state index contributed by atoms with van der Waals surface area (Å²) in [5.74, 6) is -2.77. The minimum absolute atomic E-state index is 0.0307. The highest BCUT2D eigenvalue weighted by Crippen LogP contribution is 2.30. The van der Waals surface area contributed by atoms with Crippen LogP contribution >= 0.6 is 0 Å². The van der Waals surface area contributed by atoms with Crippen LogP contribution in [0.25, 0.3) is 28.0 Å². The molecule has 4 aromatic rings. The van der Waals surface area contributed by atoms with Crippen molar-refractivity contribution in [1.82, 2.24) is 24.8 Å². The molecule has 1 aliphatic heterocycles. The maximum atomic E-state index is 14.8. The van der Waals surface area contributed by atoms with Crippen molar-refractivity contribution in [2.45, 2.75) is 19.8 Å². The van der Waals surface area contributed by atoms with E-state index in [9.17, 15) is 27.6 Å². The zero-order valence-corrected chi connectivity index (χ0v) is 20.3. The van der Waals surface area contributed by atoms with Crippen LogP contribution in [0.5, 0.6) is 0 Å². The van der Waals surface area contributed by atoms with Crippen LogP contribution in [-0.4, -0.2) is 50.9 Å². The Balaban J connectivity index is 1.67. The predicted octanol–water partition coefficient (Wildman–Crippen LogP) is 3.06. The van der Waals surface area contributed by atoms with Crippen molar-refractivity contribution in [3.63, 3.8) is 0 Å². The molecular weight excluding hydrogens is 499 g/mol. The Hall–Kier alpha value is -4.54. The summed E-state index contributed by atoms with van der Waals surface area (Å²) in [5.41, 5.74) is 0.0144. The minimum Gasteiger partial charge on any atom is -0.353 e. The molecule has 8 nitrogen and oxygen atoms in total. The Bertz CT molecular complexity index is 1630. The fourth-order valence-corrected chi connectivity index (χ4v) is 4.52. The Morgan fingerprint density at radius 1 is 1.03 bits per heavy atom. The number of nitrogens with one attached hydrogen (secondary N) is 1. The van der Waals surface area contributed by atoms with E-state index in [1.54, 1.807) is 6.92 Å². The van der Waals surface area contributed by atoms with Crippen LogP contribution in [0.1, 0.15) is 17.8 Å². The molecule has 0 atom stereocenters. The number of carbonyl (C=O) groups is 2. The Morgan fingerprint density at radius 2 is 1.79 bits per heavy atom. The molecule has 2 aromatic carbocycles. The molecule has 1 aliphatic rings. The van der Waals surface area contributed by atoms with Crippen LogP contribution in [0, 0.1) is 24.4 Å². The van der Waals surface area contributed by atoms with E-state index in [2.05, 4.69) is 15.3 Å². The summed E-state index contributed by atoms with van der Waals surface area (Å²) in [6, 6.07) is 9.95. The summed E-state index contributed by atoms with van der Waals surface area (Å²) in [4.78, 5) is 47.8. The Labute approximate surface area is 214 Å². The van der Waals surface area contributed by atoms with Gasteiger partial charge in [0.15, 0.2) is 5.65 Å². The van der Waals surface area contributed by atoms with Crippen molar-refractivity contribution >= 4 is 22.8 Å². The first kappa shape index (κ1) is 25.1. The molecule has 1 saturated heterocycles. The smallest absolute Gasteiger partial charge is 0.256 e. The molecule has 0 spiro atoms. The Kier molecular flexibility index (Phi) is 6.66. The number of para-hydroxylation sites is 1. The lowest BCUT2D eigenvalue weighted by Gasteiger charge is -2.26. The van der Waals surface area contributed by atoms with Crippen LogP contribution in [0.4, 0.5) is 13.2 Å². The lowest BCUT2D eigenvalue weighted by Crippen LogP contribution is -2.50. The monoisotopic (exact) mass is 521 g/mol. The molecule has 0 saturated carbocycles. The topological polar surface area (TPSA) is 97.2 Å². The van der Waals surface area contributed by atoms with E-state index in [1.165, 1.54) is 35.2 Å². The lowest BCUT2D eigenvalue weighted by atomic mass is 10.0. The number of hydrogen-bond acceptors (Lipinski definition) is 5. The van der Waals surface area contributed by atoms with E-state index in [0.29, 0.717) is 35.3 Å². The van der Waals surface area contributed by atoms with Gasteiger partial charge in [0.25, 0.3) is 5.56 Å². The third kappa shape index (κ3) is 4.74. The molecule has 2 amide bonds. The van der Waals surface area contributed by atoms with Gasteiger partial charge in [0, 0.05) is 42.9 Å². The highest BCUT2D eigenvalue weighted by atomic mass is 19.1. The molecule has 5 rings (SSSR count). The van der Waals surface area contributed by atoms with Gasteiger partial charge in [-0.1, -0.05) is 6.07 Å². The van der Waals surface area contributed by atoms with Gasteiger partial charge in [-0.15, -0.1) is 0 Å².